The lowest BCUT2D eigenvalue weighted by atomic mass is 9.96. The summed E-state index contributed by atoms with van der Waals surface area (Å²) in [6.45, 7) is 6.82. The predicted molar refractivity (Wildman–Crippen MR) is 67.9 cm³/mol. The molecule has 88 valence electrons. The fraction of sp³-hybridized carbons (Fsp3) is 0.571. The van der Waals surface area contributed by atoms with Gasteiger partial charge in [0, 0.05) is 25.4 Å². The number of aliphatic hydroxyl groups excluding tert-OH is 1. The standard InChI is InChI=1S/C14H21NO/c1-11-3-4-12(2)14(9-11)15-7-5-13(10-16)6-8-15/h3-4,9,13,16H,5-8,10H2,1-2H3. The molecule has 1 aromatic rings. The highest BCUT2D eigenvalue weighted by Gasteiger charge is 2.19. The number of piperidine rings is 1. The molecule has 1 aliphatic heterocycles. The summed E-state index contributed by atoms with van der Waals surface area (Å²) >= 11 is 0. The van der Waals surface area contributed by atoms with Gasteiger partial charge in [0.25, 0.3) is 0 Å². The molecule has 16 heavy (non-hydrogen) atoms. The fourth-order valence-corrected chi connectivity index (χ4v) is 2.42. The van der Waals surface area contributed by atoms with Gasteiger partial charge in [-0.3, -0.25) is 0 Å². The minimum absolute atomic E-state index is 0.348. The van der Waals surface area contributed by atoms with Crippen LogP contribution in [0.4, 0.5) is 5.69 Å². The maximum absolute atomic E-state index is 9.13. The van der Waals surface area contributed by atoms with Gasteiger partial charge in [-0.05, 0) is 49.8 Å². The van der Waals surface area contributed by atoms with Crippen LogP contribution in [0.1, 0.15) is 24.0 Å². The Balaban J connectivity index is 2.10. The molecule has 0 radical (unpaired) electrons. The van der Waals surface area contributed by atoms with E-state index in [-0.39, 0.29) is 0 Å². The smallest absolute Gasteiger partial charge is 0.0460 e. The monoisotopic (exact) mass is 219 g/mol. The molecule has 2 nitrogen and oxygen atoms in total. The van der Waals surface area contributed by atoms with Crippen LogP contribution in [0, 0.1) is 19.8 Å². The van der Waals surface area contributed by atoms with Crippen molar-refractivity contribution in [2.45, 2.75) is 26.7 Å². The molecular formula is C14H21NO. The van der Waals surface area contributed by atoms with Crippen LogP contribution >= 0.6 is 0 Å². The van der Waals surface area contributed by atoms with Gasteiger partial charge in [0.2, 0.25) is 0 Å². The molecule has 1 aromatic carbocycles. The van der Waals surface area contributed by atoms with Crippen LogP contribution in [-0.4, -0.2) is 24.8 Å². The van der Waals surface area contributed by atoms with Gasteiger partial charge in [0.1, 0.15) is 0 Å². The third-order valence-corrected chi connectivity index (χ3v) is 3.58. The molecule has 0 aliphatic carbocycles. The third kappa shape index (κ3) is 2.38. The second-order valence-corrected chi connectivity index (χ2v) is 4.90. The zero-order valence-corrected chi connectivity index (χ0v) is 10.2. The van der Waals surface area contributed by atoms with Crippen molar-refractivity contribution in [3.05, 3.63) is 29.3 Å². The molecule has 1 saturated heterocycles. The quantitative estimate of drug-likeness (QED) is 0.826. The van der Waals surface area contributed by atoms with E-state index in [0.717, 1.165) is 25.9 Å². The zero-order valence-electron chi connectivity index (χ0n) is 10.2. The highest BCUT2D eigenvalue weighted by molar-refractivity contribution is 5.55. The van der Waals surface area contributed by atoms with Crippen molar-refractivity contribution in [1.29, 1.82) is 0 Å². The summed E-state index contributed by atoms with van der Waals surface area (Å²) in [6, 6.07) is 6.64. The summed E-state index contributed by atoms with van der Waals surface area (Å²) in [5.41, 5.74) is 4.05. The molecule has 2 heteroatoms. The number of anilines is 1. The Labute approximate surface area is 97.9 Å². The summed E-state index contributed by atoms with van der Waals surface area (Å²) in [7, 11) is 0. The van der Waals surface area contributed by atoms with E-state index < -0.39 is 0 Å². The summed E-state index contributed by atoms with van der Waals surface area (Å²) < 4.78 is 0. The van der Waals surface area contributed by atoms with E-state index in [9.17, 15) is 0 Å². The Morgan fingerprint density at radius 2 is 1.94 bits per heavy atom. The number of rotatable bonds is 2. The average molecular weight is 219 g/mol. The van der Waals surface area contributed by atoms with E-state index >= 15 is 0 Å². The number of aliphatic hydroxyl groups is 1. The average Bonchev–Trinajstić information content (AvgIpc) is 2.32. The van der Waals surface area contributed by atoms with Crippen LogP contribution in [0.25, 0.3) is 0 Å². The summed E-state index contributed by atoms with van der Waals surface area (Å²) in [6.07, 6.45) is 2.23. The Bertz CT molecular complexity index is 354. The third-order valence-electron chi connectivity index (χ3n) is 3.58. The lowest BCUT2D eigenvalue weighted by Gasteiger charge is -2.34. The number of benzene rings is 1. The topological polar surface area (TPSA) is 23.5 Å². The highest BCUT2D eigenvalue weighted by atomic mass is 16.3. The first-order chi connectivity index (χ1) is 7.70. The van der Waals surface area contributed by atoms with Gasteiger partial charge >= 0.3 is 0 Å². The number of hydrogen-bond acceptors (Lipinski definition) is 2. The van der Waals surface area contributed by atoms with Crippen molar-refractivity contribution >= 4 is 5.69 Å². The Morgan fingerprint density at radius 3 is 2.56 bits per heavy atom. The second-order valence-electron chi connectivity index (χ2n) is 4.90. The molecule has 0 amide bonds. The Kier molecular flexibility index (Phi) is 3.49. The van der Waals surface area contributed by atoms with Crippen molar-refractivity contribution < 1.29 is 5.11 Å². The van der Waals surface area contributed by atoms with Crippen LogP contribution < -0.4 is 4.90 Å². The van der Waals surface area contributed by atoms with Crippen LogP contribution in [0.15, 0.2) is 18.2 Å². The van der Waals surface area contributed by atoms with Crippen molar-refractivity contribution in [3.63, 3.8) is 0 Å². The first kappa shape index (κ1) is 11.5. The number of nitrogens with zero attached hydrogens (tertiary/aromatic N) is 1. The van der Waals surface area contributed by atoms with Gasteiger partial charge in [-0.15, -0.1) is 0 Å². The van der Waals surface area contributed by atoms with Gasteiger partial charge in [-0.2, -0.15) is 0 Å². The van der Waals surface area contributed by atoms with Gasteiger partial charge in [0.05, 0.1) is 0 Å². The lowest BCUT2D eigenvalue weighted by molar-refractivity contribution is 0.203. The summed E-state index contributed by atoms with van der Waals surface area (Å²) in [5.74, 6) is 0.515. The zero-order chi connectivity index (χ0) is 11.5. The molecule has 0 spiro atoms. The van der Waals surface area contributed by atoms with Crippen molar-refractivity contribution in [2.24, 2.45) is 5.92 Å². The van der Waals surface area contributed by atoms with Gasteiger partial charge in [-0.1, -0.05) is 12.1 Å². The maximum atomic E-state index is 9.13. The molecule has 1 N–H and O–H groups in total. The van der Waals surface area contributed by atoms with Gasteiger partial charge in [-0.25, -0.2) is 0 Å². The van der Waals surface area contributed by atoms with Gasteiger partial charge < -0.3 is 10.0 Å². The molecule has 1 heterocycles. The molecule has 2 rings (SSSR count). The largest absolute Gasteiger partial charge is 0.396 e. The maximum Gasteiger partial charge on any atom is 0.0460 e. The lowest BCUT2D eigenvalue weighted by Crippen LogP contribution is -2.35. The molecule has 1 fully saturated rings. The van der Waals surface area contributed by atoms with Crippen molar-refractivity contribution in [3.8, 4) is 0 Å². The molecule has 1 aliphatic rings. The first-order valence-corrected chi connectivity index (χ1v) is 6.14. The molecule has 0 bridgehead atoms. The number of hydrogen-bond donors (Lipinski definition) is 1. The summed E-state index contributed by atoms with van der Waals surface area (Å²) in [5, 5.41) is 9.13. The normalized spacial score (nSPS) is 17.8. The molecule has 0 atom stereocenters. The van der Waals surface area contributed by atoms with E-state index in [1.165, 1.54) is 16.8 Å². The minimum atomic E-state index is 0.348. The molecule has 0 unspecified atom stereocenters. The fourth-order valence-electron chi connectivity index (χ4n) is 2.42. The molecule has 0 saturated carbocycles. The van der Waals surface area contributed by atoms with Crippen LogP contribution in [0.3, 0.4) is 0 Å². The van der Waals surface area contributed by atoms with Crippen LogP contribution in [0.5, 0.6) is 0 Å². The molecule has 0 aromatic heterocycles. The Morgan fingerprint density at radius 1 is 1.25 bits per heavy atom. The van der Waals surface area contributed by atoms with Gasteiger partial charge in [0.15, 0.2) is 0 Å². The van der Waals surface area contributed by atoms with E-state index in [2.05, 4.69) is 36.9 Å². The predicted octanol–water partition coefficient (Wildman–Crippen LogP) is 2.51. The van der Waals surface area contributed by atoms with Crippen molar-refractivity contribution in [2.75, 3.05) is 24.6 Å². The minimum Gasteiger partial charge on any atom is -0.396 e. The van der Waals surface area contributed by atoms with E-state index in [1.807, 2.05) is 0 Å². The van der Waals surface area contributed by atoms with E-state index in [0.29, 0.717) is 12.5 Å². The summed E-state index contributed by atoms with van der Waals surface area (Å²) in [4.78, 5) is 2.45. The Hall–Kier alpha value is -1.02. The SMILES string of the molecule is Cc1ccc(C)c(N2CCC(CO)CC2)c1. The van der Waals surface area contributed by atoms with Crippen molar-refractivity contribution in [1.82, 2.24) is 0 Å². The molecular weight excluding hydrogens is 198 g/mol. The van der Waals surface area contributed by atoms with E-state index in [1.54, 1.807) is 0 Å². The first-order valence-electron chi connectivity index (χ1n) is 6.14. The van der Waals surface area contributed by atoms with E-state index in [4.69, 9.17) is 5.11 Å². The second kappa shape index (κ2) is 4.88. The van der Waals surface area contributed by atoms with Crippen LogP contribution in [0.2, 0.25) is 0 Å². The van der Waals surface area contributed by atoms with Crippen LogP contribution in [-0.2, 0) is 0 Å². The highest BCUT2D eigenvalue weighted by Crippen LogP contribution is 2.26. The number of aryl methyl sites for hydroxylation is 2.